The summed E-state index contributed by atoms with van der Waals surface area (Å²) in [6.07, 6.45) is 6.61. The fourth-order valence-electron chi connectivity index (χ4n) is 2.76. The first-order valence-electron chi connectivity index (χ1n) is 6.93. The molecule has 1 N–H and O–H groups in total. The van der Waals surface area contributed by atoms with Crippen LogP contribution in [0.25, 0.3) is 10.8 Å². The van der Waals surface area contributed by atoms with Crippen molar-refractivity contribution in [3.05, 3.63) is 42.2 Å². The highest BCUT2D eigenvalue weighted by atomic mass is 32.2. The molecule has 1 aromatic heterocycles. The highest BCUT2D eigenvalue weighted by molar-refractivity contribution is 8.00. The molecule has 1 fully saturated rings. The second kappa shape index (κ2) is 5.51. The van der Waals surface area contributed by atoms with Gasteiger partial charge >= 0.3 is 0 Å². The lowest BCUT2D eigenvalue weighted by Gasteiger charge is -2.23. The largest absolute Gasteiger partial charge is 0.311 e. The third kappa shape index (κ3) is 2.93. The quantitative estimate of drug-likeness (QED) is 0.920. The van der Waals surface area contributed by atoms with Gasteiger partial charge in [0.05, 0.1) is 0 Å². The zero-order valence-electron chi connectivity index (χ0n) is 11.4. The summed E-state index contributed by atoms with van der Waals surface area (Å²) < 4.78 is 0.429. The number of aromatic nitrogens is 1. The minimum Gasteiger partial charge on any atom is -0.311 e. The van der Waals surface area contributed by atoms with Crippen LogP contribution in [-0.4, -0.2) is 22.0 Å². The Bertz CT molecular complexity index is 556. The maximum Gasteiger partial charge on any atom is 0.0346 e. The Morgan fingerprint density at radius 1 is 1.32 bits per heavy atom. The molecule has 0 saturated carbocycles. The van der Waals surface area contributed by atoms with Gasteiger partial charge in [-0.2, -0.15) is 11.8 Å². The molecule has 1 unspecified atom stereocenters. The number of nitrogens with one attached hydrogen (secondary N) is 1. The van der Waals surface area contributed by atoms with Crippen molar-refractivity contribution in [2.45, 2.75) is 31.1 Å². The fraction of sp³-hybridized carbons (Fsp3) is 0.438. The summed E-state index contributed by atoms with van der Waals surface area (Å²) in [7, 11) is 0. The Hall–Kier alpha value is -1.06. The standard InChI is InChI=1S/C16H20N2S/c1-16(7-4-8-19-16)12-18-11-14-10-17-9-13-5-2-3-6-15(13)14/h2-3,5-6,9-10,18H,4,7-8,11-12H2,1H3. The van der Waals surface area contributed by atoms with E-state index >= 15 is 0 Å². The molecule has 0 radical (unpaired) electrons. The first-order chi connectivity index (χ1) is 9.27. The van der Waals surface area contributed by atoms with Crippen LogP contribution in [0.3, 0.4) is 0 Å². The zero-order valence-corrected chi connectivity index (χ0v) is 12.2. The molecule has 1 aliphatic rings. The van der Waals surface area contributed by atoms with Crippen molar-refractivity contribution in [2.75, 3.05) is 12.3 Å². The van der Waals surface area contributed by atoms with Crippen molar-refractivity contribution >= 4 is 22.5 Å². The Morgan fingerprint density at radius 2 is 2.21 bits per heavy atom. The molecule has 19 heavy (non-hydrogen) atoms. The first-order valence-corrected chi connectivity index (χ1v) is 7.92. The van der Waals surface area contributed by atoms with E-state index in [9.17, 15) is 0 Å². The lowest BCUT2D eigenvalue weighted by molar-refractivity contribution is 0.537. The van der Waals surface area contributed by atoms with Crippen LogP contribution in [-0.2, 0) is 6.54 Å². The molecular weight excluding hydrogens is 252 g/mol. The number of nitrogens with zero attached hydrogens (tertiary/aromatic N) is 1. The van der Waals surface area contributed by atoms with E-state index in [1.807, 2.05) is 12.4 Å². The van der Waals surface area contributed by atoms with E-state index in [0.29, 0.717) is 4.75 Å². The Morgan fingerprint density at radius 3 is 3.05 bits per heavy atom. The monoisotopic (exact) mass is 272 g/mol. The average Bonchev–Trinajstić information content (AvgIpc) is 2.86. The molecule has 3 heteroatoms. The molecule has 2 nitrogen and oxygen atoms in total. The van der Waals surface area contributed by atoms with Crippen molar-refractivity contribution in [1.82, 2.24) is 10.3 Å². The van der Waals surface area contributed by atoms with Gasteiger partial charge in [0.25, 0.3) is 0 Å². The van der Waals surface area contributed by atoms with Crippen LogP contribution < -0.4 is 5.32 Å². The van der Waals surface area contributed by atoms with Gasteiger partial charge in [-0.25, -0.2) is 0 Å². The van der Waals surface area contributed by atoms with Crippen LogP contribution >= 0.6 is 11.8 Å². The van der Waals surface area contributed by atoms with Gasteiger partial charge in [-0.05, 0) is 36.5 Å². The molecule has 0 amide bonds. The van der Waals surface area contributed by atoms with Crippen molar-refractivity contribution in [3.63, 3.8) is 0 Å². The number of benzene rings is 1. The van der Waals surface area contributed by atoms with E-state index in [1.54, 1.807) is 0 Å². The van der Waals surface area contributed by atoms with Crippen LogP contribution in [0.2, 0.25) is 0 Å². The summed E-state index contributed by atoms with van der Waals surface area (Å²) in [5, 5.41) is 6.15. The number of pyridine rings is 1. The first kappa shape index (κ1) is 12.9. The van der Waals surface area contributed by atoms with Gasteiger partial charge in [0.1, 0.15) is 0 Å². The number of hydrogen-bond donors (Lipinski definition) is 1. The summed E-state index contributed by atoms with van der Waals surface area (Å²) in [6.45, 7) is 4.37. The van der Waals surface area contributed by atoms with Crippen molar-refractivity contribution < 1.29 is 0 Å². The molecule has 1 atom stereocenters. The second-order valence-electron chi connectivity index (χ2n) is 5.53. The van der Waals surface area contributed by atoms with Gasteiger partial charge in [-0.1, -0.05) is 24.3 Å². The SMILES string of the molecule is CC1(CNCc2cncc3ccccc23)CCCS1. The van der Waals surface area contributed by atoms with Crippen LogP contribution in [0.15, 0.2) is 36.7 Å². The Kier molecular flexibility index (Phi) is 3.76. The number of rotatable bonds is 4. The normalized spacial score (nSPS) is 23.0. The van der Waals surface area contributed by atoms with Gasteiger partial charge < -0.3 is 5.32 Å². The Balaban J connectivity index is 1.68. The predicted octanol–water partition coefficient (Wildman–Crippen LogP) is 3.61. The number of hydrogen-bond acceptors (Lipinski definition) is 3. The topological polar surface area (TPSA) is 24.9 Å². The van der Waals surface area contributed by atoms with Crippen LogP contribution in [0.5, 0.6) is 0 Å². The second-order valence-corrected chi connectivity index (χ2v) is 7.21. The molecule has 0 spiro atoms. The third-order valence-electron chi connectivity index (χ3n) is 3.87. The van der Waals surface area contributed by atoms with E-state index in [1.165, 1.54) is 34.9 Å². The van der Waals surface area contributed by atoms with Crippen LogP contribution in [0, 0.1) is 0 Å². The third-order valence-corrected chi connectivity index (χ3v) is 5.40. The zero-order chi connectivity index (χ0) is 13.1. The minimum absolute atomic E-state index is 0.429. The van der Waals surface area contributed by atoms with E-state index in [0.717, 1.165) is 13.1 Å². The van der Waals surface area contributed by atoms with Crippen molar-refractivity contribution in [3.8, 4) is 0 Å². The lowest BCUT2D eigenvalue weighted by atomic mass is 10.1. The van der Waals surface area contributed by atoms with E-state index in [-0.39, 0.29) is 0 Å². The molecule has 1 saturated heterocycles. The van der Waals surface area contributed by atoms with Crippen LogP contribution in [0.4, 0.5) is 0 Å². The maximum atomic E-state index is 4.34. The summed E-state index contributed by atoms with van der Waals surface area (Å²) in [4.78, 5) is 4.34. The van der Waals surface area contributed by atoms with Crippen LogP contribution in [0.1, 0.15) is 25.3 Å². The van der Waals surface area contributed by atoms with E-state index < -0.39 is 0 Å². The fourth-order valence-corrected chi connectivity index (χ4v) is 4.03. The van der Waals surface area contributed by atoms with E-state index in [2.05, 4.69) is 53.3 Å². The summed E-state index contributed by atoms with van der Waals surface area (Å²) in [5.41, 5.74) is 1.30. The van der Waals surface area contributed by atoms with Gasteiger partial charge in [0.2, 0.25) is 0 Å². The number of fused-ring (bicyclic) bond motifs is 1. The molecule has 2 heterocycles. The smallest absolute Gasteiger partial charge is 0.0346 e. The van der Waals surface area contributed by atoms with E-state index in [4.69, 9.17) is 0 Å². The summed E-state index contributed by atoms with van der Waals surface area (Å²) >= 11 is 2.11. The van der Waals surface area contributed by atoms with Gasteiger partial charge in [-0.3, -0.25) is 4.98 Å². The Labute approximate surface area is 119 Å². The highest BCUT2D eigenvalue weighted by Crippen LogP contribution is 2.37. The number of thioether (sulfide) groups is 1. The van der Waals surface area contributed by atoms with Gasteiger partial charge in [0, 0.05) is 35.6 Å². The maximum absolute atomic E-state index is 4.34. The average molecular weight is 272 g/mol. The minimum atomic E-state index is 0.429. The summed E-state index contributed by atoms with van der Waals surface area (Å²) in [5.74, 6) is 1.31. The molecule has 1 aliphatic heterocycles. The van der Waals surface area contributed by atoms with Gasteiger partial charge in [0.15, 0.2) is 0 Å². The molecule has 2 aromatic rings. The molecule has 100 valence electrons. The molecule has 1 aromatic carbocycles. The summed E-state index contributed by atoms with van der Waals surface area (Å²) in [6, 6.07) is 8.47. The molecule has 3 rings (SSSR count). The van der Waals surface area contributed by atoms with Gasteiger partial charge in [-0.15, -0.1) is 0 Å². The predicted molar refractivity (Wildman–Crippen MR) is 83.5 cm³/mol. The molecule has 0 aliphatic carbocycles. The van der Waals surface area contributed by atoms with Crippen molar-refractivity contribution in [2.24, 2.45) is 0 Å². The molecule has 0 bridgehead atoms. The lowest BCUT2D eigenvalue weighted by Crippen LogP contribution is -2.32. The molecular formula is C16H20N2S. The highest BCUT2D eigenvalue weighted by Gasteiger charge is 2.28. The van der Waals surface area contributed by atoms with Crippen molar-refractivity contribution in [1.29, 1.82) is 0 Å².